The normalized spacial score (nSPS) is 15.7. The van der Waals surface area contributed by atoms with Crippen LogP contribution in [0.3, 0.4) is 0 Å². The molecule has 6 nitrogen and oxygen atoms in total. The van der Waals surface area contributed by atoms with Crippen molar-refractivity contribution in [3.8, 4) is 5.75 Å². The first kappa shape index (κ1) is 29.8. The monoisotopic (exact) mass is 556 g/mol. The van der Waals surface area contributed by atoms with Gasteiger partial charge in [0.15, 0.2) is 27.7 Å². The number of hydrogen-bond donors (Lipinski definition) is 0. The number of alkyl halides is 5. The van der Waals surface area contributed by atoms with E-state index >= 15 is 0 Å². The number of rotatable bonds is 7. The van der Waals surface area contributed by atoms with Gasteiger partial charge in [-0.2, -0.15) is 22.0 Å². The average Bonchev–Trinajstić information content (AvgIpc) is 3.31. The molecule has 1 fully saturated rings. The number of benzene rings is 2. The van der Waals surface area contributed by atoms with Crippen LogP contribution in [0.2, 0.25) is 0 Å². The number of fused-ring (bicyclic) bond motifs is 1. The minimum atomic E-state index is -5.86. The number of hydrogen-bond acceptors (Lipinski definition) is 6. The van der Waals surface area contributed by atoms with Gasteiger partial charge in [0.2, 0.25) is 0 Å². The Kier molecular flexibility index (Phi) is 9.77. The highest BCUT2D eigenvalue weighted by Gasteiger charge is 2.46. The summed E-state index contributed by atoms with van der Waals surface area (Å²) in [5, 5.41) is -2.85. The van der Waals surface area contributed by atoms with Crippen molar-refractivity contribution >= 4 is 37.8 Å². The predicted octanol–water partition coefficient (Wildman–Crippen LogP) is 5.18. The van der Waals surface area contributed by atoms with Crippen LogP contribution in [0, 0.1) is 0 Å². The maximum absolute atomic E-state index is 12.7. The molecule has 0 bridgehead atoms. The van der Waals surface area contributed by atoms with Crippen molar-refractivity contribution < 1.29 is 49.2 Å². The van der Waals surface area contributed by atoms with Crippen molar-refractivity contribution in [2.45, 2.75) is 49.1 Å². The summed E-state index contributed by atoms with van der Waals surface area (Å²) in [4.78, 5) is 12.0. The van der Waals surface area contributed by atoms with Gasteiger partial charge >= 0.3 is 17.4 Å². The van der Waals surface area contributed by atoms with Gasteiger partial charge in [0.05, 0.1) is 0 Å². The lowest BCUT2D eigenvalue weighted by molar-refractivity contribution is -0.155. The molecular weight excluding hydrogens is 531 g/mol. The number of halogens is 5. The average molecular weight is 557 g/mol. The fraction of sp³-hybridized carbons (Fsp3) is 0.435. The Hall–Kier alpha value is -2.38. The third-order valence-electron chi connectivity index (χ3n) is 5.02. The number of carbonyl (C=O) groups is 1. The first-order valence-corrected chi connectivity index (χ1v) is 13.6. The molecule has 0 aliphatic carbocycles. The second-order valence-electron chi connectivity index (χ2n) is 7.96. The van der Waals surface area contributed by atoms with Gasteiger partial charge in [-0.25, -0.2) is 13.2 Å². The molecule has 0 N–H and O–H groups in total. The van der Waals surface area contributed by atoms with E-state index in [1.165, 1.54) is 36.2 Å². The van der Waals surface area contributed by atoms with E-state index in [0.717, 1.165) is 10.8 Å². The van der Waals surface area contributed by atoms with Crippen LogP contribution in [-0.2, 0) is 30.5 Å². The summed E-state index contributed by atoms with van der Waals surface area (Å²) in [7, 11) is -5.64. The number of ether oxygens (including phenoxy) is 2. The minimum absolute atomic E-state index is 0.180. The van der Waals surface area contributed by atoms with Crippen molar-refractivity contribution in [2.75, 3.05) is 18.1 Å². The molecule has 200 valence electrons. The molecule has 0 spiro atoms. The zero-order valence-electron chi connectivity index (χ0n) is 19.4. The Balaban J connectivity index is 0.000000271. The summed E-state index contributed by atoms with van der Waals surface area (Å²) in [5.41, 5.74) is -0.180. The van der Waals surface area contributed by atoms with Crippen LogP contribution in [-0.4, -0.2) is 54.6 Å². The van der Waals surface area contributed by atoms with Gasteiger partial charge in [0, 0.05) is 27.2 Å². The third kappa shape index (κ3) is 7.81. The van der Waals surface area contributed by atoms with Crippen molar-refractivity contribution in [1.29, 1.82) is 0 Å². The maximum Gasteiger partial charge on any atom is 0.422 e. The van der Waals surface area contributed by atoms with E-state index in [4.69, 9.17) is 4.74 Å². The summed E-state index contributed by atoms with van der Waals surface area (Å²) in [6.45, 7) is 3.66. The molecule has 1 aliphatic rings. The highest BCUT2D eigenvalue weighted by Crippen LogP contribution is 2.35. The van der Waals surface area contributed by atoms with Gasteiger partial charge in [0.25, 0.3) is 0 Å². The highest BCUT2D eigenvalue weighted by atomic mass is 32.2. The van der Waals surface area contributed by atoms with Gasteiger partial charge in [-0.3, -0.25) is 0 Å². The van der Waals surface area contributed by atoms with E-state index in [1.54, 1.807) is 6.07 Å². The van der Waals surface area contributed by atoms with E-state index in [9.17, 15) is 39.7 Å². The predicted molar refractivity (Wildman–Crippen MR) is 125 cm³/mol. The molecule has 1 saturated heterocycles. The first-order chi connectivity index (χ1) is 16.5. The molecule has 1 heterocycles. The molecule has 2 aromatic rings. The summed E-state index contributed by atoms with van der Waals surface area (Å²) in [5.74, 6) is 1.50. The number of carbonyl (C=O) groups excluding carboxylic acids is 1. The Morgan fingerprint density at radius 2 is 1.64 bits per heavy atom. The number of esters is 1. The highest BCUT2D eigenvalue weighted by molar-refractivity contribution is 7.97. The lowest BCUT2D eigenvalue weighted by Crippen LogP contribution is -2.42. The summed E-state index contributed by atoms with van der Waals surface area (Å²) in [6, 6.07) is 11.2. The Morgan fingerprint density at radius 1 is 1.08 bits per heavy atom. The van der Waals surface area contributed by atoms with Crippen LogP contribution >= 0.6 is 0 Å². The van der Waals surface area contributed by atoms with Gasteiger partial charge in [-0.1, -0.05) is 24.8 Å². The summed E-state index contributed by atoms with van der Waals surface area (Å²) >= 11 is 0. The molecular formula is C23H25F5O6S2. The van der Waals surface area contributed by atoms with E-state index in [2.05, 4.69) is 11.3 Å². The fourth-order valence-electron chi connectivity index (χ4n) is 3.19. The van der Waals surface area contributed by atoms with Crippen molar-refractivity contribution in [3.05, 3.63) is 48.6 Å². The lowest BCUT2D eigenvalue weighted by atomic mass is 10.1. The second kappa shape index (κ2) is 11.8. The van der Waals surface area contributed by atoms with Gasteiger partial charge in [0.1, 0.15) is 17.3 Å². The van der Waals surface area contributed by atoms with Crippen molar-refractivity contribution in [2.24, 2.45) is 0 Å². The lowest BCUT2D eigenvalue weighted by Gasteiger charge is -2.25. The van der Waals surface area contributed by atoms with Crippen LogP contribution in [0.5, 0.6) is 5.75 Å². The zero-order valence-corrected chi connectivity index (χ0v) is 21.1. The second-order valence-corrected chi connectivity index (χ2v) is 11.7. The van der Waals surface area contributed by atoms with E-state index < -0.39 is 40.2 Å². The van der Waals surface area contributed by atoms with Crippen molar-refractivity contribution in [3.63, 3.8) is 0 Å². The van der Waals surface area contributed by atoms with Crippen LogP contribution in [0.4, 0.5) is 22.0 Å². The van der Waals surface area contributed by atoms with Crippen LogP contribution in [0.25, 0.3) is 10.8 Å². The molecule has 1 unspecified atom stereocenters. The third-order valence-corrected chi connectivity index (χ3v) is 8.56. The Labute approximate surface area is 208 Å². The molecule has 0 amide bonds. The quantitative estimate of drug-likeness (QED) is 0.153. The minimum Gasteiger partial charge on any atom is -0.743 e. The molecule has 0 saturated carbocycles. The molecule has 0 aromatic heterocycles. The van der Waals surface area contributed by atoms with Crippen LogP contribution < -0.4 is 4.74 Å². The van der Waals surface area contributed by atoms with Crippen LogP contribution in [0.1, 0.15) is 26.7 Å². The maximum atomic E-state index is 12.7. The molecule has 3 rings (SSSR count). The van der Waals surface area contributed by atoms with Crippen LogP contribution in [0.15, 0.2) is 53.4 Å². The molecule has 1 atom stereocenters. The van der Waals surface area contributed by atoms with Crippen molar-refractivity contribution in [1.82, 2.24) is 0 Å². The first-order valence-electron chi connectivity index (χ1n) is 10.6. The fourth-order valence-corrected chi connectivity index (χ4v) is 6.14. The van der Waals surface area contributed by atoms with E-state index in [-0.39, 0.29) is 16.5 Å². The van der Waals surface area contributed by atoms with Gasteiger partial charge in [-0.15, -0.1) is 0 Å². The van der Waals surface area contributed by atoms with Gasteiger partial charge < -0.3 is 14.0 Å². The largest absolute Gasteiger partial charge is 0.743 e. The molecule has 36 heavy (non-hydrogen) atoms. The smallest absolute Gasteiger partial charge is 0.422 e. The molecule has 2 aromatic carbocycles. The Morgan fingerprint density at radius 3 is 2.14 bits per heavy atom. The van der Waals surface area contributed by atoms with Gasteiger partial charge in [-0.05, 0) is 44.9 Å². The SMILES string of the molecule is C=C(C)C(=O)OC(C)C(F)(F)S(=O)(=O)[O-].FC(F)(F)COc1ccc([S+]2CCCC2)c2ccccc12. The standard InChI is InChI=1S/C16H16F3OS.C7H10F2O5S/c17-16(18,19)11-20-14-7-8-15(21-9-3-4-10-21)13-6-2-1-5-12(13)14;1-4(2)6(10)14-5(3)7(8,9)15(11,12)13/h1-2,5-8H,3-4,9-11H2;5H,1H2,2-3H3,(H,11,12,13)/q+1;/p-1. The van der Waals surface area contributed by atoms with E-state index in [1.807, 2.05) is 30.3 Å². The van der Waals surface area contributed by atoms with E-state index in [0.29, 0.717) is 12.7 Å². The topological polar surface area (TPSA) is 92.7 Å². The summed E-state index contributed by atoms with van der Waals surface area (Å²) < 4.78 is 102. The molecule has 13 heteroatoms. The zero-order chi connectivity index (χ0) is 27.3. The molecule has 0 radical (unpaired) electrons. The Bertz CT molecular complexity index is 1190. The summed E-state index contributed by atoms with van der Waals surface area (Å²) in [6.07, 6.45) is -4.19. The molecule has 1 aliphatic heterocycles.